The van der Waals surface area contributed by atoms with Crippen molar-refractivity contribution in [3.8, 4) is 0 Å². The fourth-order valence-electron chi connectivity index (χ4n) is 9.72. The number of phosphoric ester groups is 1. The minimum Gasteiger partial charge on any atom is -0.756 e. The number of hydrogen-bond acceptors (Lipinski definition) is 8. The summed E-state index contributed by atoms with van der Waals surface area (Å²) in [5.74, 6) is -0.817. The van der Waals surface area contributed by atoms with Gasteiger partial charge in [-0.05, 0) is 12.8 Å². The van der Waals surface area contributed by atoms with Crippen LogP contribution in [0, 0.1) is 0 Å². The Morgan fingerprint density at radius 3 is 0.889 bits per heavy atom. The Morgan fingerprint density at radius 1 is 0.375 bits per heavy atom. The second kappa shape index (κ2) is 54.8. The van der Waals surface area contributed by atoms with Crippen LogP contribution >= 0.6 is 7.82 Å². The van der Waals surface area contributed by atoms with Gasteiger partial charge in [0.2, 0.25) is 0 Å². The second-order valence-corrected chi connectivity index (χ2v) is 24.6. The number of rotatable bonds is 60. The molecule has 0 rings (SSSR count). The van der Waals surface area contributed by atoms with Crippen LogP contribution in [-0.4, -0.2) is 70.0 Å². The molecule has 430 valence electrons. The average molecular weight is 1040 g/mol. The Kier molecular flexibility index (Phi) is 54.0. The number of ether oxygens (including phenoxy) is 2. The topological polar surface area (TPSA) is 111 Å². The van der Waals surface area contributed by atoms with E-state index in [1.165, 1.54) is 270 Å². The van der Waals surface area contributed by atoms with E-state index < -0.39 is 26.5 Å². The SMILES string of the molecule is CCCCCCCCCCCCCCCCCCCCCCCCCCCCCCCCCCCCCCCCCC(=O)OC(COC(=O)CCCCCCCCCCC)COP(=O)([O-])OCC[N+](C)(C)C. The molecule has 0 aromatic heterocycles. The van der Waals surface area contributed by atoms with E-state index in [4.69, 9.17) is 18.5 Å². The zero-order chi connectivity index (χ0) is 52.7. The molecule has 0 aliphatic heterocycles. The summed E-state index contributed by atoms with van der Waals surface area (Å²) in [5.41, 5.74) is 0. The van der Waals surface area contributed by atoms with Crippen LogP contribution in [0.4, 0.5) is 0 Å². The van der Waals surface area contributed by atoms with E-state index in [9.17, 15) is 19.0 Å². The highest BCUT2D eigenvalue weighted by Gasteiger charge is 2.22. The van der Waals surface area contributed by atoms with Gasteiger partial charge >= 0.3 is 11.9 Å². The monoisotopic (exact) mass is 1040 g/mol. The lowest BCUT2D eigenvalue weighted by atomic mass is 10.0. The van der Waals surface area contributed by atoms with Crippen molar-refractivity contribution in [2.75, 3.05) is 47.5 Å². The van der Waals surface area contributed by atoms with Gasteiger partial charge in [0, 0.05) is 12.8 Å². The first-order valence-corrected chi connectivity index (χ1v) is 33.2. The predicted octanol–water partition coefficient (Wildman–Crippen LogP) is 19.2. The molecule has 0 radical (unpaired) electrons. The fraction of sp³-hybridized carbons (Fsp3) is 0.968. The van der Waals surface area contributed by atoms with Gasteiger partial charge in [-0.1, -0.05) is 309 Å². The Bertz CT molecular complexity index is 1180. The molecule has 9 nitrogen and oxygen atoms in total. The first kappa shape index (κ1) is 71.0. The van der Waals surface area contributed by atoms with Crippen LogP contribution in [0.5, 0.6) is 0 Å². The molecule has 0 aromatic carbocycles. The molecule has 0 aliphatic rings. The van der Waals surface area contributed by atoms with Crippen molar-refractivity contribution in [1.29, 1.82) is 0 Å². The van der Waals surface area contributed by atoms with Crippen LogP contribution < -0.4 is 4.89 Å². The Labute approximate surface area is 448 Å². The lowest BCUT2D eigenvalue weighted by Crippen LogP contribution is -2.37. The van der Waals surface area contributed by atoms with Gasteiger partial charge in [0.1, 0.15) is 19.8 Å². The number of phosphoric acid groups is 1. The van der Waals surface area contributed by atoms with Crippen molar-refractivity contribution in [2.45, 2.75) is 341 Å². The van der Waals surface area contributed by atoms with E-state index in [1.807, 2.05) is 21.1 Å². The van der Waals surface area contributed by atoms with Crippen LogP contribution in [0.1, 0.15) is 335 Å². The highest BCUT2D eigenvalue weighted by Crippen LogP contribution is 2.38. The molecule has 0 heterocycles. The molecule has 0 aromatic rings. The molecule has 0 fully saturated rings. The normalized spacial score (nSPS) is 13.1. The second-order valence-electron chi connectivity index (χ2n) is 23.1. The number of hydrogen-bond donors (Lipinski definition) is 0. The van der Waals surface area contributed by atoms with E-state index in [0.717, 1.165) is 32.1 Å². The van der Waals surface area contributed by atoms with Crippen LogP contribution in [-0.2, 0) is 32.7 Å². The molecule has 0 saturated carbocycles. The van der Waals surface area contributed by atoms with Crippen molar-refractivity contribution < 1.29 is 42.1 Å². The number of esters is 2. The van der Waals surface area contributed by atoms with E-state index in [2.05, 4.69) is 13.8 Å². The first-order chi connectivity index (χ1) is 35.0. The van der Waals surface area contributed by atoms with Gasteiger partial charge in [-0.25, -0.2) is 0 Å². The number of unbranched alkanes of at least 4 members (excludes halogenated alkanes) is 46. The largest absolute Gasteiger partial charge is 0.756 e. The fourth-order valence-corrected chi connectivity index (χ4v) is 10.4. The number of likely N-dealkylation sites (N-methyl/N-ethyl adjacent to an activating group) is 1. The summed E-state index contributed by atoms with van der Waals surface area (Å²) in [7, 11) is 1.19. The zero-order valence-corrected chi connectivity index (χ0v) is 49.8. The van der Waals surface area contributed by atoms with E-state index in [0.29, 0.717) is 17.4 Å². The summed E-state index contributed by atoms with van der Waals surface area (Å²) in [6.45, 7) is 4.27. The van der Waals surface area contributed by atoms with Crippen molar-refractivity contribution in [1.82, 2.24) is 0 Å². The van der Waals surface area contributed by atoms with Crippen LogP contribution in [0.2, 0.25) is 0 Å². The van der Waals surface area contributed by atoms with E-state index in [-0.39, 0.29) is 32.0 Å². The van der Waals surface area contributed by atoms with Crippen LogP contribution in [0.15, 0.2) is 0 Å². The predicted molar refractivity (Wildman–Crippen MR) is 305 cm³/mol. The highest BCUT2D eigenvalue weighted by molar-refractivity contribution is 7.45. The van der Waals surface area contributed by atoms with E-state index in [1.54, 1.807) is 0 Å². The molecular formula is C62H124NO8P. The Hall–Kier alpha value is -0.990. The van der Waals surface area contributed by atoms with E-state index >= 15 is 0 Å². The highest BCUT2D eigenvalue weighted by atomic mass is 31.2. The smallest absolute Gasteiger partial charge is 0.306 e. The molecule has 0 N–H and O–H groups in total. The van der Waals surface area contributed by atoms with Crippen molar-refractivity contribution in [3.05, 3.63) is 0 Å². The minimum absolute atomic E-state index is 0.0255. The molecule has 2 atom stereocenters. The van der Waals surface area contributed by atoms with Gasteiger partial charge < -0.3 is 27.9 Å². The summed E-state index contributed by atoms with van der Waals surface area (Å²) in [5, 5.41) is 0. The molecule has 0 amide bonds. The standard InChI is InChI=1S/C62H124NO8P/c1-6-8-10-12-14-16-17-18-19-20-21-22-23-24-25-26-27-28-29-30-31-32-33-34-35-36-37-38-39-40-41-42-43-44-45-47-49-51-53-55-62(65)71-60(59-70-72(66,67)69-57-56-63(3,4)5)58-68-61(64)54-52-50-48-46-15-13-11-9-7-2/h60H,6-59H2,1-5H3. The average Bonchev–Trinajstić information content (AvgIpc) is 3.34. The molecule has 72 heavy (non-hydrogen) atoms. The summed E-state index contributed by atoms with van der Waals surface area (Å²) in [6.07, 6.45) is 63.7. The van der Waals surface area contributed by atoms with Gasteiger partial charge in [-0.2, -0.15) is 0 Å². The van der Waals surface area contributed by atoms with Gasteiger partial charge in [0.05, 0.1) is 27.7 Å². The molecule has 0 bridgehead atoms. The minimum atomic E-state index is -4.62. The van der Waals surface area contributed by atoms with Crippen LogP contribution in [0.25, 0.3) is 0 Å². The lowest BCUT2D eigenvalue weighted by molar-refractivity contribution is -0.870. The molecule has 2 unspecified atom stereocenters. The number of nitrogens with zero attached hydrogens (tertiary/aromatic N) is 1. The maximum Gasteiger partial charge on any atom is 0.306 e. The summed E-state index contributed by atoms with van der Waals surface area (Å²) >= 11 is 0. The van der Waals surface area contributed by atoms with Crippen molar-refractivity contribution >= 4 is 19.8 Å². The molecular weight excluding hydrogens is 918 g/mol. The third-order valence-electron chi connectivity index (χ3n) is 14.6. The molecule has 0 saturated heterocycles. The maximum absolute atomic E-state index is 12.8. The van der Waals surface area contributed by atoms with Crippen molar-refractivity contribution in [3.63, 3.8) is 0 Å². The molecule has 0 spiro atoms. The number of carbonyl (C=O) groups is 2. The summed E-state index contributed by atoms with van der Waals surface area (Å²) in [6, 6.07) is 0. The van der Waals surface area contributed by atoms with Gasteiger partial charge in [-0.3, -0.25) is 14.2 Å². The summed E-state index contributed by atoms with van der Waals surface area (Å²) in [4.78, 5) is 37.6. The third kappa shape index (κ3) is 58.3. The van der Waals surface area contributed by atoms with Crippen molar-refractivity contribution in [2.24, 2.45) is 0 Å². The lowest BCUT2D eigenvalue weighted by Gasteiger charge is -2.28. The number of carbonyl (C=O) groups excluding carboxylic acids is 2. The zero-order valence-electron chi connectivity index (χ0n) is 48.9. The molecule has 0 aliphatic carbocycles. The Morgan fingerprint density at radius 2 is 0.625 bits per heavy atom. The molecule has 10 heteroatoms. The summed E-state index contributed by atoms with van der Waals surface area (Å²) < 4.78 is 34.0. The first-order valence-electron chi connectivity index (χ1n) is 31.7. The number of quaternary nitrogens is 1. The van der Waals surface area contributed by atoms with Gasteiger partial charge in [0.25, 0.3) is 7.82 Å². The maximum atomic E-state index is 12.8. The third-order valence-corrected chi connectivity index (χ3v) is 15.6. The quantitative estimate of drug-likeness (QED) is 0.0256. The Balaban J connectivity index is 3.75. The van der Waals surface area contributed by atoms with Gasteiger partial charge in [0.15, 0.2) is 6.10 Å². The van der Waals surface area contributed by atoms with Crippen LogP contribution in [0.3, 0.4) is 0 Å². The van der Waals surface area contributed by atoms with Gasteiger partial charge in [-0.15, -0.1) is 0 Å².